The van der Waals surface area contributed by atoms with Gasteiger partial charge in [-0.25, -0.2) is 0 Å². The van der Waals surface area contributed by atoms with Crippen LogP contribution in [0.2, 0.25) is 0 Å². The summed E-state index contributed by atoms with van der Waals surface area (Å²) in [4.78, 5) is 5.07. The number of rotatable bonds is 4. The van der Waals surface area contributed by atoms with Crippen LogP contribution < -0.4 is 0 Å². The molecule has 2 N–H and O–H groups in total. The fourth-order valence-electron chi connectivity index (χ4n) is 5.41. The van der Waals surface area contributed by atoms with Gasteiger partial charge in [0.15, 0.2) is 0 Å². The van der Waals surface area contributed by atoms with E-state index in [0.717, 1.165) is 46.5 Å². The zero-order valence-corrected chi connectivity index (χ0v) is 18.5. The Morgan fingerprint density at radius 2 is 1.62 bits per heavy atom. The maximum Gasteiger partial charge on any atom is 0.106 e. The first-order valence-electron chi connectivity index (χ1n) is 11.2. The van der Waals surface area contributed by atoms with E-state index in [1.807, 2.05) is 12.1 Å². The minimum Gasteiger partial charge on any atom is -0.388 e. The smallest absolute Gasteiger partial charge is 0.106 e. The quantitative estimate of drug-likeness (QED) is 0.683. The monoisotopic (exact) mass is 393 g/mol. The molecule has 0 amide bonds. The summed E-state index contributed by atoms with van der Waals surface area (Å²) in [6.45, 7) is 10.7. The largest absolute Gasteiger partial charge is 0.388 e. The summed E-state index contributed by atoms with van der Waals surface area (Å²) < 4.78 is 0. The molecule has 0 radical (unpaired) electrons. The van der Waals surface area contributed by atoms with Gasteiger partial charge in [-0.05, 0) is 66.5 Å². The van der Waals surface area contributed by atoms with Crippen molar-refractivity contribution in [2.24, 2.45) is 5.41 Å². The van der Waals surface area contributed by atoms with Gasteiger partial charge in [-0.2, -0.15) is 0 Å². The van der Waals surface area contributed by atoms with Crippen molar-refractivity contribution in [1.82, 2.24) is 4.98 Å². The average Bonchev–Trinajstić information content (AvgIpc) is 2.65. The molecule has 4 rings (SSSR count). The molecule has 0 saturated heterocycles. The highest BCUT2D eigenvalue weighted by Crippen LogP contribution is 2.54. The number of aliphatic hydroxyl groups excluding tert-OH is 2. The van der Waals surface area contributed by atoms with Crippen LogP contribution in [0.5, 0.6) is 0 Å². The second kappa shape index (κ2) is 7.52. The summed E-state index contributed by atoms with van der Waals surface area (Å²) in [7, 11) is 0. The molecule has 2 aliphatic rings. The van der Waals surface area contributed by atoms with E-state index in [0.29, 0.717) is 5.92 Å². The molecule has 156 valence electrons. The Kier molecular flexibility index (Phi) is 5.33. The zero-order chi connectivity index (χ0) is 20.9. The molecule has 1 spiro atoms. The van der Waals surface area contributed by atoms with Crippen LogP contribution in [0.15, 0.2) is 24.3 Å². The maximum atomic E-state index is 11.4. The SMILES string of the molecule is Cc1c2c(nc(C(C)C)c1[C@@H](O)c1ccc(C(C)C)cc1)CC1(CCC1)CC2O. The van der Waals surface area contributed by atoms with Crippen molar-refractivity contribution in [3.05, 3.63) is 63.5 Å². The van der Waals surface area contributed by atoms with E-state index in [9.17, 15) is 10.2 Å². The van der Waals surface area contributed by atoms with E-state index in [2.05, 4.69) is 46.8 Å². The van der Waals surface area contributed by atoms with Crippen LogP contribution in [0.4, 0.5) is 0 Å². The predicted octanol–water partition coefficient (Wildman–Crippen LogP) is 5.87. The van der Waals surface area contributed by atoms with Crippen molar-refractivity contribution in [2.75, 3.05) is 0 Å². The third-order valence-corrected chi connectivity index (χ3v) is 7.31. The number of aliphatic hydroxyl groups is 2. The number of hydrogen-bond acceptors (Lipinski definition) is 3. The normalized spacial score (nSPS) is 21.3. The molecule has 1 fully saturated rings. The molecule has 2 aromatic rings. The van der Waals surface area contributed by atoms with Gasteiger partial charge in [0.1, 0.15) is 6.10 Å². The second-order valence-electron chi connectivity index (χ2n) is 10.0. The first-order valence-corrected chi connectivity index (χ1v) is 11.2. The summed E-state index contributed by atoms with van der Waals surface area (Å²) in [5.74, 6) is 0.684. The number of fused-ring (bicyclic) bond motifs is 1. The summed E-state index contributed by atoms with van der Waals surface area (Å²) in [5.41, 5.74) is 7.35. The molecule has 1 aromatic heterocycles. The van der Waals surface area contributed by atoms with Crippen molar-refractivity contribution in [3.63, 3.8) is 0 Å². The highest BCUT2D eigenvalue weighted by molar-refractivity contribution is 5.48. The lowest BCUT2D eigenvalue weighted by atomic mass is 9.59. The summed E-state index contributed by atoms with van der Waals surface area (Å²) in [5, 5.41) is 22.4. The number of benzene rings is 1. The summed E-state index contributed by atoms with van der Waals surface area (Å²) >= 11 is 0. The fraction of sp³-hybridized carbons (Fsp3) is 0.577. The highest BCUT2D eigenvalue weighted by atomic mass is 16.3. The van der Waals surface area contributed by atoms with Crippen molar-refractivity contribution in [2.45, 2.75) is 90.8 Å². The Hall–Kier alpha value is -1.71. The third-order valence-electron chi connectivity index (χ3n) is 7.31. The topological polar surface area (TPSA) is 53.4 Å². The van der Waals surface area contributed by atoms with Gasteiger partial charge in [0.2, 0.25) is 0 Å². The molecule has 0 aliphatic heterocycles. The maximum absolute atomic E-state index is 11.4. The molecule has 2 atom stereocenters. The predicted molar refractivity (Wildman–Crippen MR) is 117 cm³/mol. The summed E-state index contributed by atoms with van der Waals surface area (Å²) in [6.07, 6.45) is 4.28. The zero-order valence-electron chi connectivity index (χ0n) is 18.5. The number of pyridine rings is 1. The number of aromatic nitrogens is 1. The van der Waals surface area contributed by atoms with Crippen LogP contribution in [-0.4, -0.2) is 15.2 Å². The van der Waals surface area contributed by atoms with Crippen molar-refractivity contribution < 1.29 is 10.2 Å². The lowest BCUT2D eigenvalue weighted by Crippen LogP contribution is -2.38. The molecule has 1 saturated carbocycles. The number of hydrogen-bond donors (Lipinski definition) is 2. The number of nitrogens with zero attached hydrogens (tertiary/aromatic N) is 1. The Balaban J connectivity index is 1.79. The van der Waals surface area contributed by atoms with Gasteiger partial charge in [0.25, 0.3) is 0 Å². The first-order chi connectivity index (χ1) is 13.7. The summed E-state index contributed by atoms with van der Waals surface area (Å²) in [6, 6.07) is 8.27. The van der Waals surface area contributed by atoms with Crippen LogP contribution in [0.25, 0.3) is 0 Å². The van der Waals surface area contributed by atoms with E-state index in [1.54, 1.807) is 0 Å². The molecule has 1 unspecified atom stereocenters. The van der Waals surface area contributed by atoms with Crippen molar-refractivity contribution in [3.8, 4) is 0 Å². The Labute approximate surface area is 175 Å². The molecule has 29 heavy (non-hydrogen) atoms. The standard InChI is InChI=1S/C26H35NO2/c1-15(2)18-7-9-19(10-8-18)25(29)23-17(5)22-20(27-24(23)16(3)4)13-26(11-6-12-26)14-21(22)28/h7-10,15-16,21,25,28-29H,6,11-14H2,1-5H3/t21?,25-/m0/s1. The molecule has 3 heteroatoms. The van der Waals surface area contributed by atoms with Gasteiger partial charge in [0.05, 0.1) is 6.10 Å². The average molecular weight is 394 g/mol. The lowest BCUT2D eigenvalue weighted by molar-refractivity contribution is 0.0238. The third kappa shape index (κ3) is 3.53. The molecule has 1 aromatic carbocycles. The van der Waals surface area contributed by atoms with Gasteiger partial charge in [-0.15, -0.1) is 0 Å². The lowest BCUT2D eigenvalue weighted by Gasteiger charge is -2.47. The van der Waals surface area contributed by atoms with Crippen LogP contribution >= 0.6 is 0 Å². The highest BCUT2D eigenvalue weighted by Gasteiger charge is 2.44. The minimum absolute atomic E-state index is 0.218. The molecule has 2 aliphatic carbocycles. The fourth-order valence-corrected chi connectivity index (χ4v) is 5.41. The van der Waals surface area contributed by atoms with Gasteiger partial charge in [0, 0.05) is 22.5 Å². The van der Waals surface area contributed by atoms with E-state index in [-0.39, 0.29) is 11.3 Å². The van der Waals surface area contributed by atoms with Crippen molar-refractivity contribution in [1.29, 1.82) is 0 Å². The van der Waals surface area contributed by atoms with Crippen LogP contribution in [0.3, 0.4) is 0 Å². The molecular formula is C26H35NO2. The van der Waals surface area contributed by atoms with E-state index in [4.69, 9.17) is 4.98 Å². The molecule has 0 bridgehead atoms. The van der Waals surface area contributed by atoms with Gasteiger partial charge >= 0.3 is 0 Å². The van der Waals surface area contributed by atoms with E-state index < -0.39 is 12.2 Å². The Morgan fingerprint density at radius 3 is 2.14 bits per heavy atom. The second-order valence-corrected chi connectivity index (χ2v) is 10.0. The molecule has 1 heterocycles. The van der Waals surface area contributed by atoms with Crippen molar-refractivity contribution >= 4 is 0 Å². The van der Waals surface area contributed by atoms with Gasteiger partial charge < -0.3 is 10.2 Å². The van der Waals surface area contributed by atoms with Crippen LogP contribution in [0, 0.1) is 12.3 Å². The first kappa shape index (κ1) is 20.6. The van der Waals surface area contributed by atoms with Crippen LogP contribution in [-0.2, 0) is 6.42 Å². The Bertz CT molecular complexity index is 894. The van der Waals surface area contributed by atoms with E-state index >= 15 is 0 Å². The minimum atomic E-state index is -0.724. The van der Waals surface area contributed by atoms with Crippen LogP contribution in [0.1, 0.15) is 117 Å². The molecular weight excluding hydrogens is 358 g/mol. The van der Waals surface area contributed by atoms with Gasteiger partial charge in [-0.1, -0.05) is 58.4 Å². The Morgan fingerprint density at radius 1 is 1.00 bits per heavy atom. The van der Waals surface area contributed by atoms with Gasteiger partial charge in [-0.3, -0.25) is 4.98 Å². The molecule has 3 nitrogen and oxygen atoms in total. The van der Waals surface area contributed by atoms with E-state index in [1.165, 1.54) is 24.8 Å².